The van der Waals surface area contributed by atoms with E-state index in [1.807, 2.05) is 0 Å². The molecule has 6 nitrogen and oxygen atoms in total. The molecular formula is C35H36F9NO5S. The third-order valence-corrected chi connectivity index (χ3v) is 10.8. The maximum atomic E-state index is 14.3. The van der Waals surface area contributed by atoms with Gasteiger partial charge in [0.1, 0.15) is 17.5 Å². The van der Waals surface area contributed by atoms with Crippen molar-refractivity contribution in [1.82, 2.24) is 5.32 Å². The maximum Gasteiger partial charge on any atom is 0.430 e. The molecule has 1 aliphatic carbocycles. The molecule has 1 fully saturated rings. The van der Waals surface area contributed by atoms with Gasteiger partial charge in [-0.3, -0.25) is 4.79 Å². The average molecular weight is 754 g/mol. The number of halogens is 9. The molecule has 4 rings (SSSR count). The molecule has 1 unspecified atom stereocenters. The van der Waals surface area contributed by atoms with Crippen molar-refractivity contribution in [3.05, 3.63) is 101 Å². The number of carbonyl (C=O) groups is 1. The monoisotopic (exact) mass is 753 g/mol. The highest BCUT2D eigenvalue weighted by Gasteiger charge is 2.73. The van der Waals surface area contributed by atoms with Crippen molar-refractivity contribution in [3.8, 4) is 0 Å². The number of rotatable bonds is 14. The fourth-order valence-electron chi connectivity index (χ4n) is 6.05. The first-order chi connectivity index (χ1) is 23.8. The third-order valence-electron chi connectivity index (χ3n) is 8.99. The number of ether oxygens (including phenoxy) is 1. The summed E-state index contributed by atoms with van der Waals surface area (Å²) in [7, 11) is -3.88. The minimum atomic E-state index is -6.09. The molecule has 0 aliphatic heterocycles. The summed E-state index contributed by atoms with van der Waals surface area (Å²) in [5.41, 5.74) is -7.09. The second-order valence-electron chi connectivity index (χ2n) is 12.5. The Labute approximate surface area is 288 Å². The van der Waals surface area contributed by atoms with Crippen LogP contribution >= 0.6 is 0 Å². The SMILES string of the molecule is O=C(NC(CCCc1ccc(C(OCc2c(F)cccc2F)(C(F)(F)F)C(F)(F)F)cc1)CCS(=O)(=O)c1ccc(F)cc1)C1CCC(O)CC1. The number of alkyl halides is 6. The van der Waals surface area contributed by atoms with E-state index in [1.165, 1.54) is 0 Å². The number of sulfone groups is 1. The molecule has 280 valence electrons. The number of aryl methyl sites for hydroxylation is 1. The molecule has 2 N–H and O–H groups in total. The van der Waals surface area contributed by atoms with Gasteiger partial charge < -0.3 is 15.2 Å². The van der Waals surface area contributed by atoms with Crippen LogP contribution in [0.4, 0.5) is 39.5 Å². The lowest BCUT2D eigenvalue weighted by Crippen LogP contribution is -2.55. The molecule has 3 aromatic rings. The molecule has 0 radical (unpaired) electrons. The van der Waals surface area contributed by atoms with Crippen molar-refractivity contribution in [1.29, 1.82) is 0 Å². The van der Waals surface area contributed by atoms with Gasteiger partial charge in [0, 0.05) is 23.1 Å². The Bertz CT molecular complexity index is 1690. The molecule has 0 spiro atoms. The Hall–Kier alpha value is -3.63. The first-order valence-corrected chi connectivity index (χ1v) is 17.8. The van der Waals surface area contributed by atoms with Gasteiger partial charge in [0.05, 0.1) is 23.4 Å². The number of aliphatic hydroxyl groups is 1. The van der Waals surface area contributed by atoms with Crippen LogP contribution in [0.15, 0.2) is 71.6 Å². The molecule has 1 atom stereocenters. The zero-order chi connectivity index (χ0) is 37.6. The Morgan fingerprint density at radius 3 is 1.94 bits per heavy atom. The van der Waals surface area contributed by atoms with Crippen LogP contribution in [0.1, 0.15) is 61.6 Å². The summed E-state index contributed by atoms with van der Waals surface area (Å²) in [5, 5.41) is 12.6. The molecule has 16 heteroatoms. The molecule has 1 saturated carbocycles. The number of nitrogens with one attached hydrogen (secondary N) is 1. The number of hydrogen-bond acceptors (Lipinski definition) is 5. The van der Waals surface area contributed by atoms with Gasteiger partial charge in [-0.05, 0) is 93.3 Å². The number of hydrogen-bond donors (Lipinski definition) is 2. The molecule has 3 aromatic carbocycles. The first kappa shape index (κ1) is 40.1. The summed E-state index contributed by atoms with van der Waals surface area (Å²) >= 11 is 0. The molecule has 1 aliphatic rings. The van der Waals surface area contributed by atoms with E-state index >= 15 is 0 Å². The van der Waals surface area contributed by atoms with E-state index in [2.05, 4.69) is 10.1 Å². The lowest BCUT2D eigenvalue weighted by molar-refractivity contribution is -0.392. The highest BCUT2D eigenvalue weighted by Crippen LogP contribution is 2.53. The van der Waals surface area contributed by atoms with E-state index in [0.717, 1.165) is 42.5 Å². The van der Waals surface area contributed by atoms with Crippen LogP contribution in [-0.4, -0.2) is 49.7 Å². The molecule has 0 saturated heterocycles. The Balaban J connectivity index is 1.49. The standard InChI is InChI=1S/C35H36F9NO5S/c36-25-13-17-28(18-14-25)51(48,49)20-19-26(45-32(47)23-9-15-27(46)16-10-23)4-1-3-22-7-11-24(12-8-22)33(34(39,40)41,35(42,43)44)50-21-29-30(37)5-2-6-31(29)38/h2,5-8,11-14,17-18,23,26-27,46H,1,3-4,9-10,15-16,19-21H2,(H,45,47). The van der Waals surface area contributed by atoms with Gasteiger partial charge in [-0.2, -0.15) is 26.3 Å². The fraction of sp³-hybridized carbons (Fsp3) is 0.457. The van der Waals surface area contributed by atoms with Crippen LogP contribution in [0, 0.1) is 23.4 Å². The zero-order valence-electron chi connectivity index (χ0n) is 27.0. The molecule has 0 aromatic heterocycles. The summed E-state index contributed by atoms with van der Waals surface area (Å²) in [6.45, 7) is -1.68. The van der Waals surface area contributed by atoms with Crippen LogP contribution in [0.2, 0.25) is 0 Å². The Morgan fingerprint density at radius 1 is 0.824 bits per heavy atom. The molecule has 0 bridgehead atoms. The van der Waals surface area contributed by atoms with Gasteiger partial charge in [-0.1, -0.05) is 30.3 Å². The fourth-order valence-corrected chi connectivity index (χ4v) is 7.43. The quantitative estimate of drug-likeness (QED) is 0.129. The van der Waals surface area contributed by atoms with Gasteiger partial charge in [0.15, 0.2) is 9.84 Å². The summed E-state index contributed by atoms with van der Waals surface area (Å²) in [6.07, 6.45) is -10.5. The highest BCUT2D eigenvalue weighted by molar-refractivity contribution is 7.91. The third kappa shape index (κ3) is 9.83. The number of aliphatic hydroxyl groups excluding tert-OH is 1. The van der Waals surface area contributed by atoms with Crippen LogP contribution in [0.5, 0.6) is 0 Å². The Morgan fingerprint density at radius 2 is 1.39 bits per heavy atom. The lowest BCUT2D eigenvalue weighted by atomic mass is 9.86. The summed E-state index contributed by atoms with van der Waals surface area (Å²) in [6, 6.07) is 8.95. The summed E-state index contributed by atoms with van der Waals surface area (Å²) in [4.78, 5) is 12.9. The molecule has 1 amide bonds. The van der Waals surface area contributed by atoms with E-state index in [1.54, 1.807) is 0 Å². The molecular weight excluding hydrogens is 717 g/mol. The van der Waals surface area contributed by atoms with E-state index in [0.29, 0.717) is 55.5 Å². The van der Waals surface area contributed by atoms with E-state index in [4.69, 9.17) is 0 Å². The van der Waals surface area contributed by atoms with Crippen molar-refractivity contribution in [2.45, 2.75) is 93.0 Å². The predicted molar refractivity (Wildman–Crippen MR) is 167 cm³/mol. The van der Waals surface area contributed by atoms with Crippen LogP contribution < -0.4 is 5.32 Å². The van der Waals surface area contributed by atoms with Crippen molar-refractivity contribution in [2.24, 2.45) is 5.92 Å². The maximum absolute atomic E-state index is 14.3. The van der Waals surface area contributed by atoms with Gasteiger partial charge >= 0.3 is 12.4 Å². The van der Waals surface area contributed by atoms with Crippen LogP contribution in [-0.2, 0) is 38.0 Å². The molecule has 0 heterocycles. The molecule has 51 heavy (non-hydrogen) atoms. The van der Waals surface area contributed by atoms with E-state index in [-0.39, 0.29) is 36.5 Å². The summed E-state index contributed by atoms with van der Waals surface area (Å²) < 4.78 is 157. The zero-order valence-corrected chi connectivity index (χ0v) is 27.9. The van der Waals surface area contributed by atoms with Crippen molar-refractivity contribution < 1.29 is 62.6 Å². The summed E-state index contributed by atoms with van der Waals surface area (Å²) in [5.74, 6) is -4.54. The lowest BCUT2D eigenvalue weighted by Gasteiger charge is -2.37. The average Bonchev–Trinajstić information content (AvgIpc) is 3.05. The number of carbonyl (C=O) groups excluding carboxylic acids is 1. The van der Waals surface area contributed by atoms with Crippen molar-refractivity contribution in [3.63, 3.8) is 0 Å². The number of benzene rings is 3. The van der Waals surface area contributed by atoms with Gasteiger partial charge in [0.25, 0.3) is 5.60 Å². The Kier molecular flexibility index (Phi) is 12.9. The van der Waals surface area contributed by atoms with E-state index < -0.39 is 86.8 Å². The minimum Gasteiger partial charge on any atom is -0.393 e. The predicted octanol–water partition coefficient (Wildman–Crippen LogP) is 7.86. The van der Waals surface area contributed by atoms with Gasteiger partial charge in [-0.15, -0.1) is 0 Å². The smallest absolute Gasteiger partial charge is 0.393 e. The minimum absolute atomic E-state index is 0.0423. The second kappa shape index (κ2) is 16.4. The van der Waals surface area contributed by atoms with E-state index in [9.17, 15) is 57.8 Å². The van der Waals surface area contributed by atoms with Gasteiger partial charge in [-0.25, -0.2) is 21.6 Å². The van der Waals surface area contributed by atoms with Crippen molar-refractivity contribution >= 4 is 15.7 Å². The second-order valence-corrected chi connectivity index (χ2v) is 14.6. The normalized spacial score (nSPS) is 18.0. The number of amides is 1. The van der Waals surface area contributed by atoms with Crippen molar-refractivity contribution in [2.75, 3.05) is 5.75 Å². The van der Waals surface area contributed by atoms with Crippen LogP contribution in [0.3, 0.4) is 0 Å². The van der Waals surface area contributed by atoms with Gasteiger partial charge in [0.2, 0.25) is 5.91 Å². The topological polar surface area (TPSA) is 92.7 Å². The van der Waals surface area contributed by atoms with Crippen LogP contribution in [0.25, 0.3) is 0 Å². The largest absolute Gasteiger partial charge is 0.430 e. The highest BCUT2D eigenvalue weighted by atomic mass is 32.2. The first-order valence-electron chi connectivity index (χ1n) is 16.1.